The molecule has 0 aliphatic carbocycles. The molecule has 1 aromatic carbocycles. The van der Waals surface area contributed by atoms with Gasteiger partial charge in [-0.15, -0.1) is 0 Å². The van der Waals surface area contributed by atoms with Crippen molar-refractivity contribution in [3.63, 3.8) is 0 Å². The van der Waals surface area contributed by atoms with E-state index in [0.29, 0.717) is 19.0 Å². The maximum Gasteiger partial charge on any atom is 0.424 e. The van der Waals surface area contributed by atoms with Crippen LogP contribution in [0.25, 0.3) is 0 Å². The van der Waals surface area contributed by atoms with Crippen molar-refractivity contribution in [3.8, 4) is 5.75 Å². The van der Waals surface area contributed by atoms with Crippen LogP contribution in [-0.2, 0) is 19.2 Å². The van der Waals surface area contributed by atoms with Gasteiger partial charge < -0.3 is 25.0 Å². The number of alkyl halides is 3. The number of aliphatic hydroxyl groups is 1. The number of aromatic nitrogens is 2. The molecule has 1 aromatic heterocycles. The first kappa shape index (κ1) is 22.5. The Morgan fingerprint density at radius 1 is 1.24 bits per heavy atom. The summed E-state index contributed by atoms with van der Waals surface area (Å²) in [6.07, 6.45) is -2.90. The van der Waals surface area contributed by atoms with E-state index in [9.17, 15) is 18.3 Å². The molecule has 0 aliphatic heterocycles. The molecule has 2 rings (SSSR count). The Kier molecular flexibility index (Phi) is 7.49. The van der Waals surface area contributed by atoms with Crippen molar-refractivity contribution in [1.29, 1.82) is 0 Å². The molecule has 0 spiro atoms. The van der Waals surface area contributed by atoms with Crippen LogP contribution in [0.2, 0.25) is 0 Å². The average Bonchev–Trinajstić information content (AvgIpc) is 3.12. The standard InChI is InChI=1S/C19H26F3N5O2/c1-4-23-17(26-13-14-5-7-15(29-3)8-6-14)25-10-9-18(28,19(20,21)22)16-24-11-12-27(16)2/h5-8,11-12,28H,4,9-10,13H2,1-3H3,(H2,23,25,26). The smallest absolute Gasteiger partial charge is 0.424 e. The van der Waals surface area contributed by atoms with E-state index in [1.165, 1.54) is 19.4 Å². The van der Waals surface area contributed by atoms with E-state index in [1.54, 1.807) is 7.11 Å². The maximum atomic E-state index is 13.6. The normalized spacial score (nSPS) is 14.4. The maximum absolute atomic E-state index is 13.6. The molecule has 0 radical (unpaired) electrons. The van der Waals surface area contributed by atoms with Gasteiger partial charge in [0.2, 0.25) is 5.60 Å². The summed E-state index contributed by atoms with van der Waals surface area (Å²) in [5, 5.41) is 16.2. The number of nitrogens with zero attached hydrogens (tertiary/aromatic N) is 3. The van der Waals surface area contributed by atoms with Crippen molar-refractivity contribution in [1.82, 2.24) is 20.2 Å². The number of aryl methyl sites for hydroxylation is 1. The molecule has 0 bridgehead atoms. The highest BCUT2D eigenvalue weighted by atomic mass is 19.4. The van der Waals surface area contributed by atoms with Crippen molar-refractivity contribution >= 4 is 5.96 Å². The lowest BCUT2D eigenvalue weighted by molar-refractivity contribution is -0.272. The molecule has 0 saturated heterocycles. The van der Waals surface area contributed by atoms with Crippen LogP contribution in [0.15, 0.2) is 41.7 Å². The van der Waals surface area contributed by atoms with Gasteiger partial charge in [-0.1, -0.05) is 12.1 Å². The number of methoxy groups -OCH3 is 1. The fourth-order valence-corrected chi connectivity index (χ4v) is 2.75. The van der Waals surface area contributed by atoms with Crippen LogP contribution in [0.1, 0.15) is 24.7 Å². The van der Waals surface area contributed by atoms with Gasteiger partial charge in [0, 0.05) is 39.0 Å². The van der Waals surface area contributed by atoms with E-state index in [-0.39, 0.29) is 6.54 Å². The van der Waals surface area contributed by atoms with E-state index in [4.69, 9.17) is 4.74 Å². The monoisotopic (exact) mass is 413 g/mol. The number of hydrogen-bond donors (Lipinski definition) is 3. The summed E-state index contributed by atoms with van der Waals surface area (Å²) < 4.78 is 47.0. The molecule has 0 amide bonds. The molecular formula is C19H26F3N5O2. The molecule has 10 heteroatoms. The second-order valence-corrected chi connectivity index (χ2v) is 6.44. The highest BCUT2D eigenvalue weighted by Crippen LogP contribution is 2.40. The van der Waals surface area contributed by atoms with Gasteiger partial charge in [0.1, 0.15) is 11.6 Å². The highest BCUT2D eigenvalue weighted by Gasteiger charge is 2.57. The Morgan fingerprint density at radius 2 is 1.93 bits per heavy atom. The predicted octanol–water partition coefficient (Wildman–Crippen LogP) is 2.32. The molecule has 2 aromatic rings. The van der Waals surface area contributed by atoms with Crippen molar-refractivity contribution in [2.45, 2.75) is 31.7 Å². The summed E-state index contributed by atoms with van der Waals surface area (Å²) in [4.78, 5) is 8.06. The molecule has 0 fully saturated rings. The van der Waals surface area contributed by atoms with Crippen LogP contribution >= 0.6 is 0 Å². The topological polar surface area (TPSA) is 83.7 Å². The number of rotatable bonds is 8. The lowest BCUT2D eigenvalue weighted by Crippen LogP contribution is -2.47. The van der Waals surface area contributed by atoms with Crippen molar-refractivity contribution in [3.05, 3.63) is 48.0 Å². The Morgan fingerprint density at radius 3 is 2.45 bits per heavy atom. The number of hydrogen-bond acceptors (Lipinski definition) is 4. The lowest BCUT2D eigenvalue weighted by Gasteiger charge is -2.30. The van der Waals surface area contributed by atoms with Gasteiger partial charge in [-0.3, -0.25) is 0 Å². The summed E-state index contributed by atoms with van der Waals surface area (Å²) in [5.41, 5.74) is -2.14. The van der Waals surface area contributed by atoms with Crippen LogP contribution in [-0.4, -0.2) is 47.0 Å². The number of imidazole rings is 1. The second-order valence-electron chi connectivity index (χ2n) is 6.44. The van der Waals surface area contributed by atoms with Crippen molar-refractivity contribution in [2.75, 3.05) is 20.2 Å². The molecule has 0 saturated carbocycles. The number of benzene rings is 1. The summed E-state index contributed by atoms with van der Waals surface area (Å²) in [5.74, 6) is 0.628. The van der Waals surface area contributed by atoms with Gasteiger partial charge in [-0.25, -0.2) is 9.98 Å². The van der Waals surface area contributed by atoms with Crippen molar-refractivity contribution in [2.24, 2.45) is 12.0 Å². The minimum atomic E-state index is -4.87. The molecule has 160 valence electrons. The third-order valence-electron chi connectivity index (χ3n) is 4.36. The lowest BCUT2D eigenvalue weighted by atomic mass is 9.97. The van der Waals surface area contributed by atoms with E-state index in [2.05, 4.69) is 20.6 Å². The van der Waals surface area contributed by atoms with Gasteiger partial charge in [0.05, 0.1) is 13.7 Å². The Hall–Kier alpha value is -2.75. The molecule has 7 nitrogen and oxygen atoms in total. The average molecular weight is 413 g/mol. The van der Waals surface area contributed by atoms with E-state index >= 15 is 0 Å². The fourth-order valence-electron chi connectivity index (χ4n) is 2.75. The number of halogens is 3. The van der Waals surface area contributed by atoms with Crippen molar-refractivity contribution < 1.29 is 23.0 Å². The third-order valence-corrected chi connectivity index (χ3v) is 4.36. The zero-order valence-corrected chi connectivity index (χ0v) is 16.6. The first-order chi connectivity index (χ1) is 13.7. The van der Waals surface area contributed by atoms with E-state index in [0.717, 1.165) is 15.9 Å². The van der Waals surface area contributed by atoms with Crippen LogP contribution in [0, 0.1) is 0 Å². The first-order valence-corrected chi connectivity index (χ1v) is 9.13. The molecule has 0 aliphatic rings. The Labute approximate surface area is 167 Å². The highest BCUT2D eigenvalue weighted by molar-refractivity contribution is 5.79. The zero-order chi connectivity index (χ0) is 21.5. The molecule has 1 heterocycles. The second kappa shape index (κ2) is 9.64. The third kappa shape index (κ3) is 5.63. The molecule has 29 heavy (non-hydrogen) atoms. The van der Waals surface area contributed by atoms with E-state index < -0.39 is 24.0 Å². The van der Waals surface area contributed by atoms with Gasteiger partial charge in [-0.05, 0) is 24.6 Å². The van der Waals surface area contributed by atoms with Gasteiger partial charge in [0.15, 0.2) is 5.96 Å². The summed E-state index contributed by atoms with van der Waals surface area (Å²) in [6.45, 7) is 2.57. The Balaban J connectivity index is 2.05. The molecule has 3 N–H and O–H groups in total. The van der Waals surface area contributed by atoms with Gasteiger partial charge >= 0.3 is 6.18 Å². The van der Waals surface area contributed by atoms with Crippen LogP contribution in [0.3, 0.4) is 0 Å². The van der Waals surface area contributed by atoms with Gasteiger partial charge in [-0.2, -0.15) is 13.2 Å². The minimum absolute atomic E-state index is 0.155. The number of guanidine groups is 1. The van der Waals surface area contributed by atoms with Gasteiger partial charge in [0.25, 0.3) is 0 Å². The summed E-state index contributed by atoms with van der Waals surface area (Å²) in [6, 6.07) is 7.33. The Bertz CT molecular complexity index is 805. The molecule has 1 unspecified atom stereocenters. The largest absolute Gasteiger partial charge is 0.497 e. The quantitative estimate of drug-likeness (QED) is 0.457. The minimum Gasteiger partial charge on any atom is -0.497 e. The van der Waals surface area contributed by atoms with Crippen LogP contribution in [0.5, 0.6) is 5.75 Å². The summed E-state index contributed by atoms with van der Waals surface area (Å²) in [7, 11) is 2.99. The number of ether oxygens (including phenoxy) is 1. The van der Waals surface area contributed by atoms with E-state index in [1.807, 2.05) is 31.2 Å². The predicted molar refractivity (Wildman–Crippen MR) is 104 cm³/mol. The zero-order valence-electron chi connectivity index (χ0n) is 16.6. The SMILES string of the molecule is CCNC(=NCc1ccc(OC)cc1)NCCC(O)(c1nccn1C)C(F)(F)F. The number of nitrogens with one attached hydrogen (secondary N) is 2. The molecule has 1 atom stereocenters. The van der Waals surface area contributed by atoms with Crippen LogP contribution in [0.4, 0.5) is 13.2 Å². The number of aliphatic imine (C=N–C) groups is 1. The fraction of sp³-hybridized carbons (Fsp3) is 0.474. The summed E-state index contributed by atoms with van der Waals surface area (Å²) >= 11 is 0. The molecular weight excluding hydrogens is 387 g/mol. The first-order valence-electron chi connectivity index (χ1n) is 9.13. The van der Waals surface area contributed by atoms with Crippen LogP contribution < -0.4 is 15.4 Å².